The highest BCUT2D eigenvalue weighted by Gasteiger charge is 2.05. The lowest BCUT2D eigenvalue weighted by Gasteiger charge is -2.11. The van der Waals surface area contributed by atoms with Crippen molar-refractivity contribution in [2.75, 3.05) is 10.6 Å². The van der Waals surface area contributed by atoms with Crippen LogP contribution in [0.15, 0.2) is 48.5 Å². The third-order valence-corrected chi connectivity index (χ3v) is 2.65. The highest BCUT2D eigenvalue weighted by atomic mass is 35.5. The maximum Gasteiger partial charge on any atom is 0.175 e. The fraction of sp³-hybridized carbons (Fsp3) is 0. The van der Waals surface area contributed by atoms with Crippen LogP contribution in [-0.4, -0.2) is 5.11 Å². The van der Waals surface area contributed by atoms with E-state index in [1.165, 1.54) is 18.2 Å². The molecule has 0 unspecified atom stereocenters. The van der Waals surface area contributed by atoms with E-state index in [-0.39, 0.29) is 5.69 Å². The van der Waals surface area contributed by atoms with Crippen LogP contribution in [0.4, 0.5) is 15.8 Å². The van der Waals surface area contributed by atoms with E-state index in [9.17, 15) is 4.39 Å². The van der Waals surface area contributed by atoms with Gasteiger partial charge in [-0.2, -0.15) is 0 Å². The second-order valence-electron chi connectivity index (χ2n) is 3.57. The van der Waals surface area contributed by atoms with Crippen molar-refractivity contribution in [1.82, 2.24) is 0 Å². The molecule has 2 N–H and O–H groups in total. The van der Waals surface area contributed by atoms with E-state index in [0.29, 0.717) is 10.1 Å². The molecule has 18 heavy (non-hydrogen) atoms. The molecule has 0 radical (unpaired) electrons. The monoisotopic (exact) mass is 280 g/mol. The summed E-state index contributed by atoms with van der Waals surface area (Å²) in [5.41, 5.74) is 1.08. The molecule has 2 rings (SSSR count). The van der Waals surface area contributed by atoms with Gasteiger partial charge in [0.25, 0.3) is 0 Å². The van der Waals surface area contributed by atoms with E-state index >= 15 is 0 Å². The van der Waals surface area contributed by atoms with Gasteiger partial charge in [-0.05, 0) is 42.5 Å². The van der Waals surface area contributed by atoms with Crippen LogP contribution in [-0.2, 0) is 0 Å². The predicted octanol–water partition coefficient (Wildman–Crippen LogP) is 4.29. The third kappa shape index (κ3) is 3.42. The molecule has 0 bridgehead atoms. The van der Waals surface area contributed by atoms with Gasteiger partial charge in [0.1, 0.15) is 5.82 Å². The van der Waals surface area contributed by atoms with Crippen LogP contribution in [0.5, 0.6) is 0 Å². The summed E-state index contributed by atoms with van der Waals surface area (Å²) in [6, 6.07) is 13.6. The third-order valence-electron chi connectivity index (χ3n) is 2.21. The number of rotatable bonds is 2. The van der Waals surface area contributed by atoms with Gasteiger partial charge in [-0.3, -0.25) is 0 Å². The van der Waals surface area contributed by atoms with Gasteiger partial charge < -0.3 is 10.6 Å². The highest BCUT2D eigenvalue weighted by Crippen LogP contribution is 2.19. The predicted molar refractivity (Wildman–Crippen MR) is 77.7 cm³/mol. The van der Waals surface area contributed by atoms with Gasteiger partial charge >= 0.3 is 0 Å². The number of para-hydroxylation sites is 1. The first-order valence-corrected chi connectivity index (χ1v) is 6.02. The van der Waals surface area contributed by atoms with E-state index in [0.717, 1.165) is 5.69 Å². The lowest BCUT2D eigenvalue weighted by Crippen LogP contribution is -2.19. The molecular formula is C13H10ClFN2S. The zero-order chi connectivity index (χ0) is 13.0. The standard InChI is InChI=1S/C13H10ClFN2S/c14-9-6-7-11(15)12(8-9)17-13(18)16-10-4-2-1-3-5-10/h1-8H,(H2,16,17,18). The molecule has 92 valence electrons. The maximum absolute atomic E-state index is 13.5. The summed E-state index contributed by atoms with van der Waals surface area (Å²) in [7, 11) is 0. The van der Waals surface area contributed by atoms with Crippen LogP contribution >= 0.6 is 23.8 Å². The lowest BCUT2D eigenvalue weighted by molar-refractivity contribution is 0.632. The first-order valence-electron chi connectivity index (χ1n) is 5.23. The summed E-state index contributed by atoms with van der Waals surface area (Å²) in [5.74, 6) is -0.406. The summed E-state index contributed by atoms with van der Waals surface area (Å²) in [6.07, 6.45) is 0. The Bertz CT molecular complexity index is 560. The molecular weight excluding hydrogens is 271 g/mol. The Hall–Kier alpha value is -1.65. The van der Waals surface area contributed by atoms with Gasteiger partial charge in [0.2, 0.25) is 0 Å². The SMILES string of the molecule is Fc1ccc(Cl)cc1NC(=S)Nc1ccccc1. The van der Waals surface area contributed by atoms with Crippen LogP contribution in [0.3, 0.4) is 0 Å². The van der Waals surface area contributed by atoms with Crippen molar-refractivity contribution in [2.24, 2.45) is 0 Å². The van der Waals surface area contributed by atoms with E-state index in [4.69, 9.17) is 23.8 Å². The van der Waals surface area contributed by atoms with E-state index in [2.05, 4.69) is 10.6 Å². The molecule has 2 aromatic carbocycles. The molecule has 5 heteroatoms. The first-order chi connectivity index (χ1) is 8.65. The number of benzene rings is 2. The smallest absolute Gasteiger partial charge is 0.175 e. The summed E-state index contributed by atoms with van der Waals surface area (Å²) >= 11 is 10.9. The minimum atomic E-state index is -0.406. The van der Waals surface area contributed by atoms with Crippen molar-refractivity contribution in [3.8, 4) is 0 Å². The molecule has 2 nitrogen and oxygen atoms in total. The average molecular weight is 281 g/mol. The Balaban J connectivity index is 2.05. The number of thiocarbonyl (C=S) groups is 1. The fourth-order valence-corrected chi connectivity index (χ4v) is 1.80. The van der Waals surface area contributed by atoms with Crippen LogP contribution in [0.2, 0.25) is 5.02 Å². The molecule has 0 amide bonds. The second-order valence-corrected chi connectivity index (χ2v) is 4.41. The summed E-state index contributed by atoms with van der Waals surface area (Å²) in [5, 5.41) is 6.46. The van der Waals surface area contributed by atoms with E-state index < -0.39 is 5.82 Å². The van der Waals surface area contributed by atoms with Crippen LogP contribution in [0, 0.1) is 5.82 Å². The second kappa shape index (κ2) is 5.80. The van der Waals surface area contributed by atoms with Crippen molar-refractivity contribution in [3.63, 3.8) is 0 Å². The zero-order valence-corrected chi connectivity index (χ0v) is 10.9. The van der Waals surface area contributed by atoms with Gasteiger partial charge in [-0.25, -0.2) is 4.39 Å². The number of halogens is 2. The van der Waals surface area contributed by atoms with Gasteiger partial charge in [0.05, 0.1) is 5.69 Å². The molecule has 0 saturated heterocycles. The van der Waals surface area contributed by atoms with Gasteiger partial charge in [-0.15, -0.1) is 0 Å². The quantitative estimate of drug-likeness (QED) is 0.803. The fourth-order valence-electron chi connectivity index (χ4n) is 1.40. The number of hydrogen-bond acceptors (Lipinski definition) is 1. The molecule has 0 fully saturated rings. The Labute approximate surface area is 115 Å². The van der Waals surface area contributed by atoms with Crippen LogP contribution in [0.1, 0.15) is 0 Å². The molecule has 0 atom stereocenters. The Morgan fingerprint density at radius 1 is 1.06 bits per heavy atom. The van der Waals surface area contributed by atoms with Crippen molar-refractivity contribution < 1.29 is 4.39 Å². The maximum atomic E-state index is 13.5. The Morgan fingerprint density at radius 3 is 2.50 bits per heavy atom. The molecule has 0 aromatic heterocycles. The molecule has 0 aliphatic heterocycles. The Morgan fingerprint density at radius 2 is 1.78 bits per heavy atom. The number of nitrogens with one attached hydrogen (secondary N) is 2. The normalized spacial score (nSPS) is 9.89. The summed E-state index contributed by atoms with van der Waals surface area (Å²) in [4.78, 5) is 0. The average Bonchev–Trinajstić information content (AvgIpc) is 2.35. The van der Waals surface area contributed by atoms with Crippen molar-refractivity contribution in [2.45, 2.75) is 0 Å². The highest BCUT2D eigenvalue weighted by molar-refractivity contribution is 7.80. The molecule has 0 saturated carbocycles. The lowest BCUT2D eigenvalue weighted by atomic mass is 10.3. The van der Waals surface area contributed by atoms with Crippen molar-refractivity contribution >= 4 is 40.3 Å². The molecule has 0 aliphatic carbocycles. The summed E-state index contributed by atoms with van der Waals surface area (Å²) in [6.45, 7) is 0. The zero-order valence-electron chi connectivity index (χ0n) is 9.28. The molecule has 2 aromatic rings. The minimum Gasteiger partial charge on any atom is -0.332 e. The van der Waals surface area contributed by atoms with Gasteiger partial charge in [0, 0.05) is 10.7 Å². The van der Waals surface area contributed by atoms with Crippen molar-refractivity contribution in [1.29, 1.82) is 0 Å². The Kier molecular flexibility index (Phi) is 4.12. The molecule has 0 spiro atoms. The molecule has 0 aliphatic rings. The first kappa shape index (κ1) is 12.8. The number of hydrogen-bond donors (Lipinski definition) is 2. The van der Waals surface area contributed by atoms with Crippen LogP contribution in [0.25, 0.3) is 0 Å². The topological polar surface area (TPSA) is 24.1 Å². The van der Waals surface area contributed by atoms with Gasteiger partial charge in [0.15, 0.2) is 5.11 Å². The molecule has 0 heterocycles. The van der Waals surface area contributed by atoms with Crippen molar-refractivity contribution in [3.05, 3.63) is 59.4 Å². The largest absolute Gasteiger partial charge is 0.332 e. The van der Waals surface area contributed by atoms with E-state index in [1.807, 2.05) is 30.3 Å². The number of anilines is 2. The van der Waals surface area contributed by atoms with E-state index in [1.54, 1.807) is 0 Å². The minimum absolute atomic E-state index is 0.246. The van der Waals surface area contributed by atoms with Gasteiger partial charge in [-0.1, -0.05) is 29.8 Å². The van der Waals surface area contributed by atoms with Crippen LogP contribution < -0.4 is 10.6 Å². The summed E-state index contributed by atoms with van der Waals surface area (Å²) < 4.78 is 13.5.